The molecule has 0 unspecified atom stereocenters. The predicted molar refractivity (Wildman–Crippen MR) is 71.8 cm³/mol. The monoisotopic (exact) mass is 314 g/mol. The van der Waals surface area contributed by atoms with E-state index < -0.39 is 17.6 Å². The van der Waals surface area contributed by atoms with Crippen molar-refractivity contribution in [3.63, 3.8) is 0 Å². The van der Waals surface area contributed by atoms with E-state index in [-0.39, 0.29) is 17.3 Å². The Bertz CT molecular complexity index is 698. The van der Waals surface area contributed by atoms with Crippen molar-refractivity contribution < 1.29 is 22.4 Å². The van der Waals surface area contributed by atoms with Gasteiger partial charge < -0.3 is 0 Å². The second kappa shape index (κ2) is 4.94. The summed E-state index contributed by atoms with van der Waals surface area (Å²) in [5.41, 5.74) is -1.02. The van der Waals surface area contributed by atoms with Crippen LogP contribution in [0.2, 0.25) is 0 Å². The number of carbonyl (C=O) groups is 1. The lowest BCUT2D eigenvalue weighted by molar-refractivity contribution is -0.137. The molecule has 1 aromatic carbocycles. The highest BCUT2D eigenvalue weighted by atomic mass is 32.1. The van der Waals surface area contributed by atoms with Gasteiger partial charge in [0, 0.05) is 16.4 Å². The lowest BCUT2D eigenvalue weighted by Crippen LogP contribution is -2.05. The molecular formula is C15H10F4OS. The number of Topliss-reactive ketones (excluding diaryl/α,β-unsaturated/α-hetero) is 1. The van der Waals surface area contributed by atoms with Gasteiger partial charge in [0.05, 0.1) is 10.4 Å². The van der Waals surface area contributed by atoms with Gasteiger partial charge in [-0.15, -0.1) is 11.3 Å². The van der Waals surface area contributed by atoms with Crippen LogP contribution < -0.4 is 0 Å². The lowest BCUT2D eigenvalue weighted by Gasteiger charge is -2.08. The number of alkyl halides is 3. The van der Waals surface area contributed by atoms with Crippen LogP contribution in [0.5, 0.6) is 0 Å². The van der Waals surface area contributed by atoms with Crippen molar-refractivity contribution in [3.8, 4) is 10.4 Å². The molecule has 0 radical (unpaired) electrons. The standard InChI is InChI=1S/C15H10F4OS/c16-11-4-3-9(15(17,18)19)7-10(11)12-5-6-13(21-12)14(20)8-1-2-8/h3-8H,1-2H2. The summed E-state index contributed by atoms with van der Waals surface area (Å²) in [6.45, 7) is 0. The van der Waals surface area contributed by atoms with Gasteiger partial charge in [-0.1, -0.05) is 0 Å². The number of thiophene rings is 1. The van der Waals surface area contributed by atoms with Gasteiger partial charge in [-0.3, -0.25) is 4.79 Å². The minimum atomic E-state index is -4.52. The fourth-order valence-electron chi connectivity index (χ4n) is 2.05. The van der Waals surface area contributed by atoms with Crippen LogP contribution in [-0.4, -0.2) is 5.78 Å². The molecule has 1 nitrogen and oxygen atoms in total. The van der Waals surface area contributed by atoms with Crippen molar-refractivity contribution in [2.75, 3.05) is 0 Å². The zero-order chi connectivity index (χ0) is 15.2. The molecule has 110 valence electrons. The zero-order valence-electron chi connectivity index (χ0n) is 10.7. The molecule has 0 N–H and O–H groups in total. The van der Waals surface area contributed by atoms with E-state index in [0.29, 0.717) is 15.8 Å². The molecule has 1 aliphatic carbocycles. The molecule has 1 aromatic heterocycles. The fourth-order valence-corrected chi connectivity index (χ4v) is 3.09. The molecule has 3 rings (SSSR count). The molecule has 0 amide bonds. The maximum Gasteiger partial charge on any atom is 0.416 e. The Labute approximate surface area is 122 Å². The summed E-state index contributed by atoms with van der Waals surface area (Å²) < 4.78 is 51.8. The van der Waals surface area contributed by atoms with Gasteiger partial charge in [0.15, 0.2) is 5.78 Å². The number of ketones is 1. The van der Waals surface area contributed by atoms with E-state index in [1.807, 2.05) is 0 Å². The summed E-state index contributed by atoms with van der Waals surface area (Å²) in [5, 5.41) is 0. The van der Waals surface area contributed by atoms with E-state index in [1.165, 1.54) is 6.07 Å². The van der Waals surface area contributed by atoms with Gasteiger partial charge in [0.1, 0.15) is 5.82 Å². The normalized spacial score (nSPS) is 15.2. The van der Waals surface area contributed by atoms with Crippen LogP contribution in [0.3, 0.4) is 0 Å². The van der Waals surface area contributed by atoms with Gasteiger partial charge in [-0.05, 0) is 43.2 Å². The summed E-state index contributed by atoms with van der Waals surface area (Å²) in [7, 11) is 0. The first-order valence-electron chi connectivity index (χ1n) is 6.37. The first-order chi connectivity index (χ1) is 9.86. The highest BCUT2D eigenvalue weighted by Gasteiger charge is 2.33. The van der Waals surface area contributed by atoms with Crippen LogP contribution in [0.1, 0.15) is 28.1 Å². The Morgan fingerprint density at radius 1 is 1.14 bits per heavy atom. The van der Waals surface area contributed by atoms with E-state index in [1.54, 1.807) is 6.07 Å². The summed E-state index contributed by atoms with van der Waals surface area (Å²) in [5.74, 6) is -0.697. The highest BCUT2D eigenvalue weighted by molar-refractivity contribution is 7.17. The quantitative estimate of drug-likeness (QED) is 0.564. The summed E-state index contributed by atoms with van der Waals surface area (Å²) in [6, 6.07) is 5.36. The number of rotatable bonds is 3. The fraction of sp³-hybridized carbons (Fsp3) is 0.267. The van der Waals surface area contributed by atoms with E-state index in [4.69, 9.17) is 0 Å². The number of benzene rings is 1. The molecule has 0 saturated heterocycles. The molecule has 0 bridgehead atoms. The van der Waals surface area contributed by atoms with Crippen LogP contribution in [0.4, 0.5) is 17.6 Å². The van der Waals surface area contributed by atoms with Crippen molar-refractivity contribution in [1.82, 2.24) is 0 Å². The summed E-state index contributed by atoms with van der Waals surface area (Å²) in [4.78, 5) is 12.7. The number of carbonyl (C=O) groups excluding carboxylic acids is 1. The van der Waals surface area contributed by atoms with Crippen molar-refractivity contribution in [2.45, 2.75) is 19.0 Å². The minimum Gasteiger partial charge on any atom is -0.293 e. The van der Waals surface area contributed by atoms with Gasteiger partial charge in [-0.25, -0.2) is 4.39 Å². The molecule has 1 heterocycles. The van der Waals surface area contributed by atoms with Crippen molar-refractivity contribution in [2.24, 2.45) is 5.92 Å². The van der Waals surface area contributed by atoms with E-state index in [0.717, 1.165) is 36.3 Å². The van der Waals surface area contributed by atoms with Crippen LogP contribution in [-0.2, 0) is 6.18 Å². The molecule has 6 heteroatoms. The van der Waals surface area contributed by atoms with Gasteiger partial charge in [-0.2, -0.15) is 13.2 Å². The Morgan fingerprint density at radius 3 is 2.48 bits per heavy atom. The molecule has 1 aliphatic rings. The molecule has 2 aromatic rings. The molecule has 0 aliphatic heterocycles. The maximum atomic E-state index is 13.8. The van der Waals surface area contributed by atoms with Gasteiger partial charge in [0.25, 0.3) is 0 Å². The molecule has 21 heavy (non-hydrogen) atoms. The summed E-state index contributed by atoms with van der Waals surface area (Å²) in [6.07, 6.45) is -2.82. The number of hydrogen-bond acceptors (Lipinski definition) is 2. The second-order valence-corrected chi connectivity index (χ2v) is 6.08. The van der Waals surface area contributed by atoms with Gasteiger partial charge >= 0.3 is 6.18 Å². The number of hydrogen-bond donors (Lipinski definition) is 0. The van der Waals surface area contributed by atoms with Crippen LogP contribution >= 0.6 is 11.3 Å². The third-order valence-electron chi connectivity index (χ3n) is 3.36. The summed E-state index contributed by atoms with van der Waals surface area (Å²) >= 11 is 1.04. The molecule has 1 saturated carbocycles. The zero-order valence-corrected chi connectivity index (χ0v) is 11.5. The van der Waals surface area contributed by atoms with E-state index >= 15 is 0 Å². The van der Waals surface area contributed by atoms with E-state index in [9.17, 15) is 22.4 Å². The van der Waals surface area contributed by atoms with E-state index in [2.05, 4.69) is 0 Å². The maximum absolute atomic E-state index is 13.8. The predicted octanol–water partition coefficient (Wildman–Crippen LogP) is 5.17. The van der Waals surface area contributed by atoms with Crippen LogP contribution in [0.15, 0.2) is 30.3 Å². The molecule has 0 spiro atoms. The Kier molecular flexibility index (Phi) is 3.36. The van der Waals surface area contributed by atoms with Gasteiger partial charge in [0.2, 0.25) is 0 Å². The first-order valence-corrected chi connectivity index (χ1v) is 7.19. The topological polar surface area (TPSA) is 17.1 Å². The molecular weight excluding hydrogens is 304 g/mol. The Balaban J connectivity index is 1.98. The third-order valence-corrected chi connectivity index (χ3v) is 4.49. The lowest BCUT2D eigenvalue weighted by atomic mass is 10.1. The average Bonchev–Trinajstić information content (AvgIpc) is 3.15. The Hall–Kier alpha value is -1.69. The van der Waals surface area contributed by atoms with Crippen molar-refractivity contribution in [1.29, 1.82) is 0 Å². The van der Waals surface area contributed by atoms with Crippen molar-refractivity contribution in [3.05, 3.63) is 46.6 Å². The average molecular weight is 314 g/mol. The van der Waals surface area contributed by atoms with Crippen molar-refractivity contribution >= 4 is 17.1 Å². The third kappa shape index (κ3) is 2.85. The minimum absolute atomic E-state index is 0.00126. The number of halogens is 4. The molecule has 1 fully saturated rings. The Morgan fingerprint density at radius 2 is 1.86 bits per heavy atom. The SMILES string of the molecule is O=C(c1ccc(-c2cc(C(F)(F)F)ccc2F)s1)C1CC1. The largest absolute Gasteiger partial charge is 0.416 e. The van der Waals surface area contributed by atoms with Crippen LogP contribution in [0, 0.1) is 11.7 Å². The molecule has 0 atom stereocenters. The van der Waals surface area contributed by atoms with Crippen LogP contribution in [0.25, 0.3) is 10.4 Å². The second-order valence-electron chi connectivity index (χ2n) is 4.99. The first kappa shape index (κ1) is 14.3. The highest BCUT2D eigenvalue weighted by Crippen LogP contribution is 2.39. The smallest absolute Gasteiger partial charge is 0.293 e.